The molecule has 0 aliphatic carbocycles. The van der Waals surface area contributed by atoms with Gasteiger partial charge in [0.05, 0.1) is 15.1 Å². The molecule has 0 N–H and O–H groups in total. The van der Waals surface area contributed by atoms with Crippen molar-refractivity contribution in [3.05, 3.63) is 67.6 Å². The van der Waals surface area contributed by atoms with Crippen LogP contribution in [0.2, 0.25) is 20.1 Å². The lowest BCUT2D eigenvalue weighted by Crippen LogP contribution is -2.05. The first-order chi connectivity index (χ1) is 8.99. The molecule has 0 fully saturated rings. The van der Waals surface area contributed by atoms with Gasteiger partial charge in [-0.25, -0.2) is 0 Å². The third-order valence-electron chi connectivity index (χ3n) is 2.61. The predicted molar refractivity (Wildman–Crippen MR) is 81.0 cm³/mol. The summed E-state index contributed by atoms with van der Waals surface area (Å²) in [6.45, 7) is 0. The largest absolute Gasteiger partial charge is 0.294 e. The van der Waals surface area contributed by atoms with Crippen LogP contribution in [0.5, 0.6) is 0 Å². The molecule has 0 heterocycles. The Hall–Kier alpha value is -0.730. The minimum absolute atomic E-state index is 0.133. The standard InChI is InChI=1S/C14H8Cl4O/c15-9-4-5-10(12(17)7-9)13(19)6-8-2-1-3-11(16)14(8)18/h1-5,7H,6H2. The van der Waals surface area contributed by atoms with Crippen LogP contribution < -0.4 is 0 Å². The van der Waals surface area contributed by atoms with Crippen molar-refractivity contribution < 1.29 is 4.79 Å². The summed E-state index contributed by atoms with van der Waals surface area (Å²) in [6.07, 6.45) is 0.140. The van der Waals surface area contributed by atoms with Crippen LogP contribution in [0.15, 0.2) is 36.4 Å². The summed E-state index contributed by atoms with van der Waals surface area (Å²) in [4.78, 5) is 12.2. The van der Waals surface area contributed by atoms with Crippen LogP contribution in [0.4, 0.5) is 0 Å². The summed E-state index contributed by atoms with van der Waals surface area (Å²) in [5.74, 6) is -0.133. The van der Waals surface area contributed by atoms with Crippen molar-refractivity contribution in [1.82, 2.24) is 0 Å². The van der Waals surface area contributed by atoms with E-state index in [0.29, 0.717) is 31.2 Å². The van der Waals surface area contributed by atoms with Gasteiger partial charge in [0.15, 0.2) is 5.78 Å². The van der Waals surface area contributed by atoms with Gasteiger partial charge in [-0.15, -0.1) is 0 Å². The van der Waals surface area contributed by atoms with Gasteiger partial charge < -0.3 is 0 Å². The molecule has 0 bridgehead atoms. The maximum absolute atomic E-state index is 12.2. The first kappa shape index (κ1) is 14.7. The maximum atomic E-state index is 12.2. The molecule has 2 aromatic rings. The highest BCUT2D eigenvalue weighted by Crippen LogP contribution is 2.28. The van der Waals surface area contributed by atoms with Crippen molar-refractivity contribution in [3.8, 4) is 0 Å². The van der Waals surface area contributed by atoms with E-state index in [1.54, 1.807) is 30.3 Å². The molecule has 0 amide bonds. The van der Waals surface area contributed by atoms with Crippen molar-refractivity contribution >= 4 is 52.2 Å². The number of halogens is 4. The average Bonchev–Trinajstić information content (AvgIpc) is 2.34. The molecule has 0 saturated carbocycles. The minimum atomic E-state index is -0.133. The molecule has 98 valence electrons. The second-order valence-corrected chi connectivity index (χ2v) is 5.57. The minimum Gasteiger partial charge on any atom is -0.294 e. The van der Waals surface area contributed by atoms with Gasteiger partial charge in [-0.1, -0.05) is 58.5 Å². The summed E-state index contributed by atoms with van der Waals surface area (Å²) in [6, 6.07) is 9.95. The fourth-order valence-corrected chi connectivity index (χ4v) is 2.57. The lowest BCUT2D eigenvalue weighted by atomic mass is 10.0. The van der Waals surface area contributed by atoms with Gasteiger partial charge in [0.1, 0.15) is 0 Å². The van der Waals surface area contributed by atoms with Crippen LogP contribution in [0.1, 0.15) is 15.9 Å². The van der Waals surface area contributed by atoms with Crippen LogP contribution in [0.3, 0.4) is 0 Å². The highest BCUT2D eigenvalue weighted by Gasteiger charge is 2.14. The van der Waals surface area contributed by atoms with Gasteiger partial charge in [-0.3, -0.25) is 4.79 Å². The molecule has 1 nitrogen and oxygen atoms in total. The van der Waals surface area contributed by atoms with Gasteiger partial charge in [0, 0.05) is 17.0 Å². The maximum Gasteiger partial charge on any atom is 0.168 e. The van der Waals surface area contributed by atoms with E-state index in [1.165, 1.54) is 6.07 Å². The summed E-state index contributed by atoms with van der Waals surface area (Å²) in [5.41, 5.74) is 1.09. The molecule has 0 aromatic heterocycles. The van der Waals surface area contributed by atoms with Gasteiger partial charge in [0.2, 0.25) is 0 Å². The van der Waals surface area contributed by atoms with E-state index in [4.69, 9.17) is 46.4 Å². The zero-order chi connectivity index (χ0) is 14.0. The van der Waals surface area contributed by atoms with Gasteiger partial charge in [-0.05, 0) is 29.8 Å². The Morgan fingerprint density at radius 3 is 2.37 bits per heavy atom. The number of benzene rings is 2. The van der Waals surface area contributed by atoms with Crippen molar-refractivity contribution in [1.29, 1.82) is 0 Å². The molecule has 0 aliphatic rings. The number of rotatable bonds is 3. The molecule has 0 spiro atoms. The number of hydrogen-bond acceptors (Lipinski definition) is 1. The predicted octanol–water partition coefficient (Wildman–Crippen LogP) is 5.73. The van der Waals surface area contributed by atoms with Crippen LogP contribution >= 0.6 is 46.4 Å². The third-order valence-corrected chi connectivity index (χ3v) is 4.02. The van der Waals surface area contributed by atoms with Crippen LogP contribution in [-0.2, 0) is 6.42 Å². The van der Waals surface area contributed by atoms with Crippen molar-refractivity contribution in [2.75, 3.05) is 0 Å². The van der Waals surface area contributed by atoms with E-state index in [2.05, 4.69) is 0 Å². The SMILES string of the molecule is O=C(Cc1cccc(Cl)c1Cl)c1ccc(Cl)cc1Cl. The Kier molecular flexibility index (Phi) is 4.75. The summed E-state index contributed by atoms with van der Waals surface area (Å²) < 4.78 is 0. The van der Waals surface area contributed by atoms with E-state index >= 15 is 0 Å². The Labute approximate surface area is 131 Å². The highest BCUT2D eigenvalue weighted by molar-refractivity contribution is 6.42. The highest BCUT2D eigenvalue weighted by atomic mass is 35.5. The quantitative estimate of drug-likeness (QED) is 0.656. The normalized spacial score (nSPS) is 10.5. The summed E-state index contributed by atoms with van der Waals surface area (Å²) >= 11 is 23.8. The van der Waals surface area contributed by atoms with Crippen molar-refractivity contribution in [2.24, 2.45) is 0 Å². The van der Waals surface area contributed by atoms with Crippen LogP contribution in [0, 0.1) is 0 Å². The van der Waals surface area contributed by atoms with Crippen LogP contribution in [0.25, 0.3) is 0 Å². The van der Waals surface area contributed by atoms with Crippen molar-refractivity contribution in [2.45, 2.75) is 6.42 Å². The molecule has 0 atom stereocenters. The van der Waals surface area contributed by atoms with Crippen molar-refractivity contribution in [3.63, 3.8) is 0 Å². The zero-order valence-corrected chi connectivity index (χ0v) is 12.6. The molecule has 2 aromatic carbocycles. The van der Waals surface area contributed by atoms with Gasteiger partial charge in [-0.2, -0.15) is 0 Å². The molecule has 19 heavy (non-hydrogen) atoms. The monoisotopic (exact) mass is 332 g/mol. The molecule has 0 unspecified atom stereocenters. The number of carbonyl (C=O) groups excluding carboxylic acids is 1. The molecule has 0 aliphatic heterocycles. The smallest absolute Gasteiger partial charge is 0.168 e. The Balaban J connectivity index is 2.28. The first-order valence-corrected chi connectivity index (χ1v) is 6.91. The lowest BCUT2D eigenvalue weighted by molar-refractivity contribution is 0.0993. The number of Topliss-reactive ketones (excluding diaryl/α,β-unsaturated/α-hetero) is 1. The Morgan fingerprint density at radius 2 is 1.68 bits per heavy atom. The van der Waals surface area contributed by atoms with Gasteiger partial charge in [0.25, 0.3) is 0 Å². The fraction of sp³-hybridized carbons (Fsp3) is 0.0714. The molecule has 0 radical (unpaired) electrons. The van der Waals surface area contributed by atoms with E-state index in [9.17, 15) is 4.79 Å². The molecule has 5 heteroatoms. The molecular formula is C14H8Cl4O. The second-order valence-electron chi connectivity index (χ2n) is 3.94. The summed E-state index contributed by atoms with van der Waals surface area (Å²) in [5, 5.41) is 1.63. The van der Waals surface area contributed by atoms with E-state index in [1.807, 2.05) is 0 Å². The third kappa shape index (κ3) is 3.43. The van der Waals surface area contributed by atoms with Crippen LogP contribution in [-0.4, -0.2) is 5.78 Å². The topological polar surface area (TPSA) is 17.1 Å². The lowest BCUT2D eigenvalue weighted by Gasteiger charge is -2.07. The number of carbonyl (C=O) groups is 1. The molecule has 2 rings (SSSR count). The first-order valence-electron chi connectivity index (χ1n) is 5.40. The van der Waals surface area contributed by atoms with E-state index < -0.39 is 0 Å². The van der Waals surface area contributed by atoms with E-state index in [-0.39, 0.29) is 12.2 Å². The molecule has 0 saturated heterocycles. The summed E-state index contributed by atoms with van der Waals surface area (Å²) in [7, 11) is 0. The average molecular weight is 334 g/mol. The number of hydrogen-bond donors (Lipinski definition) is 0. The van der Waals surface area contributed by atoms with Gasteiger partial charge >= 0.3 is 0 Å². The Morgan fingerprint density at radius 1 is 0.947 bits per heavy atom. The number of ketones is 1. The fourth-order valence-electron chi connectivity index (χ4n) is 1.67. The second kappa shape index (κ2) is 6.15. The molecular weight excluding hydrogens is 326 g/mol. The zero-order valence-electron chi connectivity index (χ0n) is 9.59. The van der Waals surface area contributed by atoms with E-state index in [0.717, 1.165) is 0 Å². The Bertz CT molecular complexity index is 637.